The van der Waals surface area contributed by atoms with E-state index in [1.54, 1.807) is 60.3 Å². The molecule has 6 atom stereocenters. The zero-order chi connectivity index (χ0) is 40.9. The van der Waals surface area contributed by atoms with E-state index >= 15 is 9.59 Å². The lowest BCUT2D eigenvalue weighted by Gasteiger charge is -2.49. The summed E-state index contributed by atoms with van der Waals surface area (Å²) >= 11 is 7.89. The monoisotopic (exact) mass is 820 g/mol. The number of phenols is 2. The maximum atomic E-state index is 15.3. The maximum absolute atomic E-state index is 15.3. The van der Waals surface area contributed by atoms with Crippen LogP contribution < -0.4 is 14.4 Å². The Labute approximate surface area is 343 Å². The molecule has 2 aliphatic carbocycles. The van der Waals surface area contributed by atoms with Crippen LogP contribution in [0.4, 0.5) is 5.82 Å². The fourth-order valence-corrected chi connectivity index (χ4v) is 11.5. The Balaban J connectivity index is 1.14. The molecule has 2 saturated heterocycles. The molecule has 0 unspecified atom stereocenters. The number of likely N-dealkylation sites (tertiary alicyclic amines) is 1. The largest absolute Gasteiger partial charge is 0.508 e. The highest BCUT2D eigenvalue weighted by Crippen LogP contribution is 2.66. The number of halogens is 1. The van der Waals surface area contributed by atoms with Crippen LogP contribution in [0.5, 0.6) is 23.0 Å². The Kier molecular flexibility index (Phi) is 8.97. The van der Waals surface area contributed by atoms with Gasteiger partial charge in [0.1, 0.15) is 34.5 Å². The molecule has 4 heterocycles. The highest BCUT2D eigenvalue weighted by atomic mass is 35.5. The van der Waals surface area contributed by atoms with Crippen LogP contribution in [0.1, 0.15) is 42.4 Å². The minimum atomic E-state index is -1.40. The Morgan fingerprint density at radius 1 is 0.914 bits per heavy atom. The van der Waals surface area contributed by atoms with Crippen LogP contribution in [0, 0.1) is 36.0 Å². The van der Waals surface area contributed by atoms with E-state index in [9.17, 15) is 19.8 Å². The van der Waals surface area contributed by atoms with Crippen LogP contribution in [0.3, 0.4) is 0 Å². The quantitative estimate of drug-likeness (QED) is 0.123. The number of phenolic OH excluding ortho intramolecular Hbond substituents is 2. The van der Waals surface area contributed by atoms with Gasteiger partial charge in [0.05, 0.1) is 42.3 Å². The summed E-state index contributed by atoms with van der Waals surface area (Å²) in [5.41, 5.74) is 2.29. The van der Waals surface area contributed by atoms with Crippen LogP contribution in [0.25, 0.3) is 20.7 Å². The number of allylic oxidation sites excluding steroid dienone is 2. The highest BCUT2D eigenvalue weighted by Gasteiger charge is 2.68. The first-order valence-electron chi connectivity index (χ1n) is 19.2. The number of methoxy groups -OCH3 is 2. The number of imide groups is 2. The molecule has 0 bridgehead atoms. The van der Waals surface area contributed by atoms with Crippen molar-refractivity contribution in [3.8, 4) is 33.6 Å². The molecule has 2 aromatic heterocycles. The summed E-state index contributed by atoms with van der Waals surface area (Å²) in [5.74, 6) is -4.27. The fourth-order valence-electron chi connectivity index (χ4n) is 10.2. The van der Waals surface area contributed by atoms with Crippen LogP contribution in [-0.4, -0.2) is 69.3 Å². The van der Waals surface area contributed by atoms with Gasteiger partial charge < -0.3 is 19.7 Å². The average Bonchev–Trinajstić information content (AvgIpc) is 3.87. The molecule has 3 fully saturated rings. The first-order chi connectivity index (χ1) is 27.8. The van der Waals surface area contributed by atoms with Crippen molar-refractivity contribution in [3.05, 3.63) is 94.0 Å². The van der Waals surface area contributed by atoms with Gasteiger partial charge in [-0.25, -0.2) is 4.90 Å². The number of nitrogens with zero attached hydrogens (tertiary/aromatic N) is 4. The predicted octanol–water partition coefficient (Wildman–Crippen LogP) is 7.17. The topological polar surface area (TPSA) is 152 Å². The number of amides is 4. The molecule has 298 valence electrons. The third-order valence-electron chi connectivity index (χ3n) is 13.0. The van der Waals surface area contributed by atoms with Crippen LogP contribution in [0.15, 0.2) is 72.3 Å². The van der Waals surface area contributed by atoms with E-state index in [1.807, 2.05) is 31.2 Å². The number of rotatable bonds is 8. The van der Waals surface area contributed by atoms with Crippen molar-refractivity contribution in [2.45, 2.75) is 39.0 Å². The number of benzene rings is 3. The maximum Gasteiger partial charge on any atom is 0.242 e. The third kappa shape index (κ3) is 5.49. The normalized spacial score (nSPS) is 25.3. The van der Waals surface area contributed by atoms with Gasteiger partial charge in [-0.1, -0.05) is 35.4 Å². The molecule has 4 aliphatic rings. The summed E-state index contributed by atoms with van der Waals surface area (Å²) in [4.78, 5) is 62.3. The molecule has 2 aliphatic heterocycles. The number of carbonyl (C=O) groups excluding carboxylic acids is 4. The number of ether oxygens (including phenoxy) is 2. The van der Waals surface area contributed by atoms with Crippen molar-refractivity contribution in [1.82, 2.24) is 14.7 Å². The Bertz CT molecular complexity index is 2590. The van der Waals surface area contributed by atoms with Gasteiger partial charge in [-0.3, -0.25) is 28.8 Å². The fraction of sp³-hybridized carbons (Fsp3) is 0.341. The summed E-state index contributed by atoms with van der Waals surface area (Å²) in [6, 6.07) is 17.0. The number of fused-ring (bicyclic) bond motifs is 5. The lowest BCUT2D eigenvalue weighted by Crippen LogP contribution is -2.49. The van der Waals surface area contributed by atoms with Gasteiger partial charge in [-0.15, -0.1) is 11.3 Å². The van der Waals surface area contributed by atoms with Gasteiger partial charge in [0.15, 0.2) is 0 Å². The number of hydrogen-bond donors (Lipinski definition) is 2. The van der Waals surface area contributed by atoms with E-state index in [2.05, 4.69) is 0 Å². The van der Waals surface area contributed by atoms with E-state index in [4.69, 9.17) is 26.2 Å². The van der Waals surface area contributed by atoms with Gasteiger partial charge in [0.2, 0.25) is 23.6 Å². The molecule has 0 radical (unpaired) electrons. The van der Waals surface area contributed by atoms with E-state index in [0.717, 1.165) is 31.7 Å². The average molecular weight is 821 g/mol. The number of hydrogen-bond acceptors (Lipinski definition) is 10. The molecule has 0 spiro atoms. The molecule has 58 heavy (non-hydrogen) atoms. The van der Waals surface area contributed by atoms with Gasteiger partial charge in [-0.2, -0.15) is 5.10 Å². The van der Waals surface area contributed by atoms with E-state index in [-0.39, 0.29) is 54.2 Å². The number of aromatic hydroxyl groups is 2. The predicted molar refractivity (Wildman–Crippen MR) is 218 cm³/mol. The zero-order valence-electron chi connectivity index (χ0n) is 32.5. The van der Waals surface area contributed by atoms with Gasteiger partial charge >= 0.3 is 0 Å². The second kappa shape index (κ2) is 13.7. The van der Waals surface area contributed by atoms with Crippen molar-refractivity contribution < 1.29 is 38.9 Å². The first kappa shape index (κ1) is 37.9. The molecule has 9 rings (SSSR count). The van der Waals surface area contributed by atoms with Crippen molar-refractivity contribution in [1.29, 1.82) is 0 Å². The minimum absolute atomic E-state index is 0.110. The molecular weight excluding hydrogens is 780 g/mol. The summed E-state index contributed by atoms with van der Waals surface area (Å²) in [7, 11) is 4.63. The lowest BCUT2D eigenvalue weighted by atomic mass is 9.51. The Morgan fingerprint density at radius 2 is 1.62 bits per heavy atom. The Hall–Kier alpha value is -5.66. The van der Waals surface area contributed by atoms with Crippen LogP contribution >= 0.6 is 22.9 Å². The van der Waals surface area contributed by atoms with Gasteiger partial charge in [0, 0.05) is 53.0 Å². The molecular formula is C44H41ClN4O8S. The van der Waals surface area contributed by atoms with Crippen molar-refractivity contribution in [2.75, 3.05) is 25.7 Å². The minimum Gasteiger partial charge on any atom is -0.508 e. The van der Waals surface area contributed by atoms with Gasteiger partial charge in [0.25, 0.3) is 0 Å². The smallest absolute Gasteiger partial charge is 0.242 e. The second-order valence-electron chi connectivity index (χ2n) is 15.9. The molecule has 14 heteroatoms. The second-order valence-corrected chi connectivity index (χ2v) is 17.4. The first-order valence-corrected chi connectivity index (χ1v) is 20.4. The lowest BCUT2D eigenvalue weighted by molar-refractivity contribution is -0.140. The molecule has 2 N–H and O–H groups in total. The highest BCUT2D eigenvalue weighted by molar-refractivity contribution is 7.22. The van der Waals surface area contributed by atoms with Crippen molar-refractivity contribution in [2.24, 2.45) is 36.1 Å². The van der Waals surface area contributed by atoms with Crippen LogP contribution in [-0.2, 0) is 32.6 Å². The van der Waals surface area contributed by atoms with Crippen LogP contribution in [0.2, 0.25) is 5.02 Å². The number of aromatic nitrogens is 2. The summed E-state index contributed by atoms with van der Waals surface area (Å²) in [6.07, 6.45) is 2.82. The van der Waals surface area contributed by atoms with Gasteiger partial charge in [-0.05, 0) is 85.9 Å². The molecule has 4 amide bonds. The number of thiophene rings is 1. The van der Waals surface area contributed by atoms with E-state index < -0.39 is 46.8 Å². The zero-order valence-corrected chi connectivity index (χ0v) is 34.1. The summed E-state index contributed by atoms with van der Waals surface area (Å²) in [6.45, 7) is 3.96. The third-order valence-corrected chi connectivity index (χ3v) is 14.5. The molecule has 3 aromatic carbocycles. The van der Waals surface area contributed by atoms with E-state index in [0.29, 0.717) is 28.5 Å². The summed E-state index contributed by atoms with van der Waals surface area (Å²) < 4.78 is 14.3. The summed E-state index contributed by atoms with van der Waals surface area (Å²) in [5, 5.41) is 26.9. The number of carbonyl (C=O) groups is 4. The SMILES string of the molecule is COc1cc(O)cc(OC)c1[C@H]1C2=CC[C@@H]3C(=O)N(CCc4ccc(O)cc4)C(=O)[C@@H]3[C@@H]2C[C@H]2C(=O)N(c3cc(-c4sc5ccc(Cl)cc5c4C)nn3C)C(=O)[C@@]12C. The van der Waals surface area contributed by atoms with Crippen molar-refractivity contribution >= 4 is 62.5 Å². The number of aryl methyl sites for hydroxylation is 2. The van der Waals surface area contributed by atoms with E-state index in [1.165, 1.54) is 36.2 Å². The molecule has 5 aromatic rings. The van der Waals surface area contributed by atoms with Crippen molar-refractivity contribution in [3.63, 3.8) is 0 Å². The molecule has 12 nitrogen and oxygen atoms in total. The molecule has 1 saturated carbocycles. The standard InChI is InChI=1S/C44H41ClN4O8S/c1-21-28-16-23(45)8-13-34(28)58-39(21)31-20-35(47(3)46-31)49-41(53)30-19-29-26(38(44(30,2)43(49)55)37-32(56-4)17-25(51)18-33(37)57-5)11-12-27-36(29)42(54)48(40(27)52)15-14-22-6-9-24(50)10-7-22/h6-11,13,16-18,20,27,29-30,36,38,50-51H,12,14-15,19H2,1-5H3/t27-,29+,30-,36-,38+,44+/m0/s1. The number of anilines is 1. The Morgan fingerprint density at radius 3 is 2.31 bits per heavy atom.